The highest BCUT2D eigenvalue weighted by Gasteiger charge is 2.15. The summed E-state index contributed by atoms with van der Waals surface area (Å²) in [5.41, 5.74) is 2.46. The fraction of sp³-hybridized carbons (Fsp3) is 0.111. The highest BCUT2D eigenvalue weighted by molar-refractivity contribution is 7.98. The number of carbonyl (C=O) groups excluding carboxylic acids is 1. The molecule has 1 aromatic heterocycles. The second-order valence-electron chi connectivity index (χ2n) is 5.45. The van der Waals surface area contributed by atoms with Gasteiger partial charge >= 0.3 is 0 Å². The number of hydrogen-bond acceptors (Lipinski definition) is 6. The molecule has 132 valence electrons. The van der Waals surface area contributed by atoms with E-state index in [0.717, 1.165) is 4.90 Å². The third kappa shape index (κ3) is 3.76. The van der Waals surface area contributed by atoms with Crippen molar-refractivity contribution in [3.05, 3.63) is 69.1 Å². The normalized spacial score (nSPS) is 10.5. The van der Waals surface area contributed by atoms with Crippen LogP contribution in [0.15, 0.2) is 52.7 Å². The maximum Gasteiger partial charge on any atom is 0.272 e. The number of carbonyl (C=O) groups is 1. The van der Waals surface area contributed by atoms with Crippen LogP contribution in [0.3, 0.4) is 0 Å². The summed E-state index contributed by atoms with van der Waals surface area (Å²) in [6, 6.07) is 12.3. The predicted octanol–water partition coefficient (Wildman–Crippen LogP) is 5.00. The van der Waals surface area contributed by atoms with Crippen molar-refractivity contribution in [2.75, 3.05) is 11.6 Å². The lowest BCUT2D eigenvalue weighted by atomic mass is 10.1. The van der Waals surface area contributed by atoms with Gasteiger partial charge in [0, 0.05) is 27.5 Å². The molecule has 0 unspecified atom stereocenters. The summed E-state index contributed by atoms with van der Waals surface area (Å²) in [7, 11) is 0. The number of nitro groups is 1. The largest absolute Gasteiger partial charge is 0.298 e. The number of nitrogens with one attached hydrogen (secondary N) is 1. The zero-order chi connectivity index (χ0) is 18.7. The second kappa shape index (κ2) is 7.67. The number of nitro benzene ring substituents is 1. The molecule has 0 spiro atoms. The van der Waals surface area contributed by atoms with Crippen molar-refractivity contribution < 1.29 is 9.72 Å². The van der Waals surface area contributed by atoms with Gasteiger partial charge in [-0.3, -0.25) is 20.2 Å². The maximum atomic E-state index is 12.5. The number of anilines is 1. The van der Waals surface area contributed by atoms with Gasteiger partial charge < -0.3 is 0 Å². The van der Waals surface area contributed by atoms with E-state index in [0.29, 0.717) is 27.5 Å². The van der Waals surface area contributed by atoms with Gasteiger partial charge in [-0.15, -0.1) is 23.1 Å². The molecule has 3 rings (SSSR count). The van der Waals surface area contributed by atoms with Gasteiger partial charge in [0.05, 0.1) is 16.2 Å². The molecule has 26 heavy (non-hydrogen) atoms. The molecule has 0 saturated heterocycles. The minimum atomic E-state index is -0.409. The molecule has 0 bridgehead atoms. The first kappa shape index (κ1) is 18.1. The van der Waals surface area contributed by atoms with E-state index in [-0.39, 0.29) is 11.6 Å². The van der Waals surface area contributed by atoms with E-state index in [2.05, 4.69) is 10.3 Å². The summed E-state index contributed by atoms with van der Waals surface area (Å²) in [5.74, 6) is -0.231. The van der Waals surface area contributed by atoms with Crippen LogP contribution in [0.2, 0.25) is 0 Å². The van der Waals surface area contributed by atoms with Gasteiger partial charge in [0.25, 0.3) is 11.6 Å². The lowest BCUT2D eigenvalue weighted by molar-refractivity contribution is -0.385. The number of aromatic nitrogens is 1. The topological polar surface area (TPSA) is 85.1 Å². The van der Waals surface area contributed by atoms with E-state index in [1.807, 2.05) is 24.5 Å². The van der Waals surface area contributed by atoms with Crippen LogP contribution in [-0.4, -0.2) is 22.1 Å². The summed E-state index contributed by atoms with van der Waals surface area (Å²) in [5, 5.41) is 16.1. The van der Waals surface area contributed by atoms with Crippen molar-refractivity contribution in [3.63, 3.8) is 0 Å². The van der Waals surface area contributed by atoms with Crippen LogP contribution in [0.25, 0.3) is 11.3 Å². The van der Waals surface area contributed by atoms with Gasteiger partial charge in [-0.05, 0) is 25.3 Å². The third-order valence-corrected chi connectivity index (χ3v) is 5.33. The Kier molecular flexibility index (Phi) is 5.34. The smallest absolute Gasteiger partial charge is 0.272 e. The summed E-state index contributed by atoms with van der Waals surface area (Å²) < 4.78 is 0. The average molecular weight is 385 g/mol. The summed E-state index contributed by atoms with van der Waals surface area (Å²) in [6.45, 7) is 1.69. The lowest BCUT2D eigenvalue weighted by Crippen LogP contribution is -2.12. The lowest BCUT2D eigenvalue weighted by Gasteiger charge is -2.06. The number of benzene rings is 2. The molecule has 0 aliphatic heterocycles. The maximum absolute atomic E-state index is 12.5. The Bertz CT molecular complexity index is 985. The second-order valence-corrected chi connectivity index (χ2v) is 7.16. The van der Waals surface area contributed by atoms with E-state index >= 15 is 0 Å². The highest BCUT2D eigenvalue weighted by atomic mass is 32.2. The van der Waals surface area contributed by atoms with Crippen LogP contribution in [0.4, 0.5) is 10.8 Å². The van der Waals surface area contributed by atoms with Crippen molar-refractivity contribution >= 4 is 39.8 Å². The molecule has 8 heteroatoms. The number of aryl methyl sites for hydroxylation is 1. The van der Waals surface area contributed by atoms with Crippen LogP contribution >= 0.6 is 23.1 Å². The van der Waals surface area contributed by atoms with E-state index in [1.54, 1.807) is 30.5 Å². The molecule has 1 N–H and O–H groups in total. The monoisotopic (exact) mass is 385 g/mol. The Morgan fingerprint density at radius 2 is 2.04 bits per heavy atom. The molecule has 0 radical (unpaired) electrons. The van der Waals surface area contributed by atoms with E-state index in [9.17, 15) is 14.9 Å². The fourth-order valence-electron chi connectivity index (χ4n) is 2.43. The first-order chi connectivity index (χ1) is 12.5. The quantitative estimate of drug-likeness (QED) is 0.379. The Morgan fingerprint density at radius 3 is 2.77 bits per heavy atom. The summed E-state index contributed by atoms with van der Waals surface area (Å²) >= 11 is 2.78. The molecule has 0 fully saturated rings. The fourth-order valence-corrected chi connectivity index (χ4v) is 3.74. The summed E-state index contributed by atoms with van der Waals surface area (Å²) in [4.78, 5) is 28.4. The molecule has 0 atom stereocenters. The first-order valence-corrected chi connectivity index (χ1v) is 9.75. The Labute approximate surface area is 158 Å². The van der Waals surface area contributed by atoms with Crippen molar-refractivity contribution in [1.82, 2.24) is 4.98 Å². The van der Waals surface area contributed by atoms with Crippen LogP contribution in [0.5, 0.6) is 0 Å². The third-order valence-electron chi connectivity index (χ3n) is 3.78. The molecule has 6 nitrogen and oxygen atoms in total. The van der Waals surface area contributed by atoms with Gasteiger partial charge in [0.15, 0.2) is 5.13 Å². The van der Waals surface area contributed by atoms with Crippen LogP contribution in [-0.2, 0) is 0 Å². The van der Waals surface area contributed by atoms with Gasteiger partial charge in [-0.25, -0.2) is 4.98 Å². The molecule has 1 amide bonds. The zero-order valence-corrected chi connectivity index (χ0v) is 15.7. The molecular formula is C18H15N3O3S2. The number of nitrogens with zero attached hydrogens (tertiary/aromatic N) is 2. The van der Waals surface area contributed by atoms with Crippen molar-refractivity contribution in [2.45, 2.75) is 11.8 Å². The van der Waals surface area contributed by atoms with E-state index < -0.39 is 4.92 Å². The number of thioether (sulfide) groups is 1. The predicted molar refractivity (Wildman–Crippen MR) is 105 cm³/mol. The minimum absolute atomic E-state index is 0.0509. The molecular weight excluding hydrogens is 370 g/mol. The standard InChI is InChI=1S/C18H15N3O3S2/c1-11-7-8-12(9-15(11)21(23)24)14-10-26-18(19-14)20-17(22)13-5-3-4-6-16(13)25-2/h3-10H,1-2H3,(H,19,20,22). The molecule has 3 aromatic rings. The average Bonchev–Trinajstić information content (AvgIpc) is 3.10. The Hall–Kier alpha value is -2.71. The van der Waals surface area contributed by atoms with Crippen LogP contribution in [0, 0.1) is 17.0 Å². The zero-order valence-electron chi connectivity index (χ0n) is 14.1. The number of hydrogen-bond donors (Lipinski definition) is 1. The minimum Gasteiger partial charge on any atom is -0.298 e. The van der Waals surface area contributed by atoms with Crippen molar-refractivity contribution in [3.8, 4) is 11.3 Å². The van der Waals surface area contributed by atoms with Crippen LogP contribution < -0.4 is 5.32 Å². The van der Waals surface area contributed by atoms with Gasteiger partial charge in [-0.1, -0.05) is 24.3 Å². The number of thiazole rings is 1. The number of amides is 1. The van der Waals surface area contributed by atoms with Gasteiger partial charge in [0.2, 0.25) is 0 Å². The Balaban J connectivity index is 1.83. The molecule has 2 aromatic carbocycles. The van der Waals surface area contributed by atoms with Crippen molar-refractivity contribution in [2.24, 2.45) is 0 Å². The van der Waals surface area contributed by atoms with E-state index in [1.165, 1.54) is 29.2 Å². The molecule has 0 aliphatic carbocycles. The Morgan fingerprint density at radius 1 is 1.27 bits per heavy atom. The SMILES string of the molecule is CSc1ccccc1C(=O)Nc1nc(-c2ccc(C)c([N+](=O)[O-])c2)cs1. The van der Waals surface area contributed by atoms with Crippen LogP contribution in [0.1, 0.15) is 15.9 Å². The summed E-state index contributed by atoms with van der Waals surface area (Å²) in [6.07, 6.45) is 1.91. The van der Waals surface area contributed by atoms with Gasteiger partial charge in [-0.2, -0.15) is 0 Å². The van der Waals surface area contributed by atoms with E-state index in [4.69, 9.17) is 0 Å². The first-order valence-electron chi connectivity index (χ1n) is 7.65. The number of rotatable bonds is 5. The van der Waals surface area contributed by atoms with Gasteiger partial charge in [0.1, 0.15) is 0 Å². The van der Waals surface area contributed by atoms with Crippen molar-refractivity contribution in [1.29, 1.82) is 0 Å². The molecule has 0 aliphatic rings. The molecule has 0 saturated carbocycles. The highest BCUT2D eigenvalue weighted by Crippen LogP contribution is 2.30. The molecule has 1 heterocycles.